The first kappa shape index (κ1) is 44.0. The number of carbonyl (C=O) groups is 4. The van der Waals surface area contributed by atoms with Crippen molar-refractivity contribution in [1.29, 1.82) is 0 Å². The van der Waals surface area contributed by atoms with Crippen molar-refractivity contribution in [3.63, 3.8) is 0 Å². The Bertz CT molecular complexity index is 1900. The smallest absolute Gasteiger partial charge is 0.309 e. The lowest BCUT2D eigenvalue weighted by atomic mass is 9.33. The van der Waals surface area contributed by atoms with Crippen molar-refractivity contribution in [3.05, 3.63) is 40.7 Å². The van der Waals surface area contributed by atoms with Crippen molar-refractivity contribution in [2.24, 2.45) is 68.0 Å². The number of fused-ring (bicyclic) bond motifs is 7. The number of carboxylic acid groups (broad SMARTS) is 1. The number of pyridine rings is 1. The van der Waals surface area contributed by atoms with Gasteiger partial charge in [0.15, 0.2) is 5.78 Å². The average Bonchev–Trinajstić information content (AvgIpc) is 3.43. The van der Waals surface area contributed by atoms with Gasteiger partial charge in [-0.1, -0.05) is 74.0 Å². The van der Waals surface area contributed by atoms with Crippen LogP contribution in [0.3, 0.4) is 0 Å². The highest BCUT2D eigenvalue weighted by atomic mass is 16.5. The van der Waals surface area contributed by atoms with E-state index in [0.717, 1.165) is 75.5 Å². The van der Waals surface area contributed by atoms with Gasteiger partial charge in [0, 0.05) is 35.5 Å². The SMILES string of the molecule is Cc1ccc(C(=O)NC(C)(C)CNCC[C@@]23CC[C@]4(C)[C@H](CC[C@@H]5[C@@]6(C)CC[C@H](OC(=O)[C@H]7C[C@@H](C(=O)O)C7(C)C)C(C)(C)[C@@H]6CC[C@]54C)C2=C(C(C)C)C(=O)C3)nc1. The fraction of sp³-hybridized carbons (Fsp3) is 0.780. The van der Waals surface area contributed by atoms with E-state index >= 15 is 0 Å². The third-order valence-corrected chi connectivity index (χ3v) is 18.6. The molecule has 6 aliphatic rings. The Morgan fingerprint density at radius 1 is 0.898 bits per heavy atom. The van der Waals surface area contributed by atoms with Crippen LogP contribution in [0.1, 0.15) is 163 Å². The summed E-state index contributed by atoms with van der Waals surface area (Å²) >= 11 is 0. The molecule has 5 saturated carbocycles. The zero-order chi connectivity index (χ0) is 43.3. The molecule has 1 aromatic rings. The molecule has 1 aromatic heterocycles. The molecule has 9 heteroatoms. The molecule has 9 nitrogen and oxygen atoms in total. The van der Waals surface area contributed by atoms with Crippen LogP contribution in [-0.2, 0) is 19.1 Å². The van der Waals surface area contributed by atoms with Gasteiger partial charge in [0.1, 0.15) is 11.8 Å². The van der Waals surface area contributed by atoms with E-state index < -0.39 is 22.8 Å². The molecule has 0 unspecified atom stereocenters. The summed E-state index contributed by atoms with van der Waals surface area (Å²) in [6.45, 7) is 28.1. The zero-order valence-electron chi connectivity index (χ0n) is 38.4. The molecule has 7 rings (SSSR count). The van der Waals surface area contributed by atoms with E-state index in [1.54, 1.807) is 12.3 Å². The number of Topliss-reactive ketones (excluding diaryl/α,β-unsaturated/α-hetero) is 1. The first-order valence-electron chi connectivity index (χ1n) is 23.0. The van der Waals surface area contributed by atoms with Crippen molar-refractivity contribution in [2.75, 3.05) is 13.1 Å². The number of nitrogens with one attached hydrogen (secondary N) is 2. The van der Waals surface area contributed by atoms with Crippen LogP contribution < -0.4 is 10.6 Å². The molecule has 0 spiro atoms. The molecule has 1 amide bonds. The first-order chi connectivity index (χ1) is 27.3. The second-order valence-electron chi connectivity index (χ2n) is 23.2. The predicted octanol–water partition coefficient (Wildman–Crippen LogP) is 9.52. The van der Waals surface area contributed by atoms with Crippen molar-refractivity contribution >= 4 is 23.6 Å². The summed E-state index contributed by atoms with van der Waals surface area (Å²) < 4.78 is 6.44. The quantitative estimate of drug-likeness (QED) is 0.149. The highest BCUT2D eigenvalue weighted by Gasteiger charge is 2.70. The number of aromatic nitrogens is 1. The van der Waals surface area contributed by atoms with Gasteiger partial charge in [-0.25, -0.2) is 0 Å². The summed E-state index contributed by atoms with van der Waals surface area (Å²) in [5, 5.41) is 16.5. The molecule has 10 atom stereocenters. The second-order valence-corrected chi connectivity index (χ2v) is 23.2. The minimum Gasteiger partial charge on any atom is -0.481 e. The number of esters is 1. The van der Waals surface area contributed by atoms with Crippen molar-refractivity contribution in [1.82, 2.24) is 15.6 Å². The van der Waals surface area contributed by atoms with Crippen LogP contribution in [-0.4, -0.2) is 58.5 Å². The summed E-state index contributed by atoms with van der Waals surface area (Å²) in [5.74, 6) is -0.212. The standard InChI is InChI=1S/C50H75N3O6/c1-29(2)39-35(54)26-50(23-24-51-28-44(4,5)53-41(55)34-15-13-30(3)27-52-34)22-21-48(11)31(40(39)50)14-16-37-47(10)19-18-38(46(8,9)36(47)17-20-49(37,48)12)59-43(58)33-25-32(42(56)57)45(33,6)7/h13,15,27,29,31-33,36-38,51H,14,16-26,28H2,1-12H3,(H,53,55)(H,56,57)/t31-,32+,33-,36+,37-,38+,47+,48-,49-,50-/m1/s1. The van der Waals surface area contributed by atoms with Crippen LogP contribution >= 0.6 is 0 Å². The fourth-order valence-electron chi connectivity index (χ4n) is 15.0. The van der Waals surface area contributed by atoms with E-state index in [4.69, 9.17) is 4.74 Å². The number of carbonyl (C=O) groups excluding carboxylic acids is 3. The number of rotatable bonds is 11. The van der Waals surface area contributed by atoms with Gasteiger partial charge in [0.05, 0.1) is 11.8 Å². The summed E-state index contributed by atoms with van der Waals surface area (Å²) in [4.78, 5) is 57.0. The number of nitrogens with zero attached hydrogens (tertiary/aromatic N) is 1. The molecule has 3 N–H and O–H groups in total. The first-order valence-corrected chi connectivity index (χ1v) is 23.0. The maximum Gasteiger partial charge on any atom is 0.309 e. The molecule has 0 saturated heterocycles. The highest BCUT2D eigenvalue weighted by Crippen LogP contribution is 2.77. The Morgan fingerprint density at radius 3 is 2.24 bits per heavy atom. The molecule has 0 aliphatic heterocycles. The number of allylic oxidation sites excluding steroid dienone is 2. The number of aryl methyl sites for hydroxylation is 1. The van der Waals surface area contributed by atoms with Gasteiger partial charge in [-0.2, -0.15) is 0 Å². The van der Waals surface area contributed by atoms with Crippen molar-refractivity contribution in [3.8, 4) is 0 Å². The van der Waals surface area contributed by atoms with Gasteiger partial charge in [-0.15, -0.1) is 0 Å². The third-order valence-electron chi connectivity index (χ3n) is 18.6. The number of hydrogen-bond acceptors (Lipinski definition) is 7. The van der Waals surface area contributed by atoms with Crippen molar-refractivity contribution < 1.29 is 29.0 Å². The predicted molar refractivity (Wildman–Crippen MR) is 230 cm³/mol. The van der Waals surface area contributed by atoms with E-state index in [9.17, 15) is 24.3 Å². The van der Waals surface area contributed by atoms with Crippen LogP contribution in [0.5, 0.6) is 0 Å². The molecule has 1 heterocycles. The van der Waals surface area contributed by atoms with Gasteiger partial charge in [-0.3, -0.25) is 24.2 Å². The van der Waals surface area contributed by atoms with Gasteiger partial charge < -0.3 is 20.5 Å². The molecule has 326 valence electrons. The fourth-order valence-corrected chi connectivity index (χ4v) is 15.0. The van der Waals surface area contributed by atoms with Crippen LogP contribution in [0.4, 0.5) is 0 Å². The second kappa shape index (κ2) is 14.8. The van der Waals surface area contributed by atoms with E-state index in [-0.39, 0.29) is 56.9 Å². The summed E-state index contributed by atoms with van der Waals surface area (Å²) in [7, 11) is 0. The molecular formula is C50H75N3O6. The Hall–Kier alpha value is -3.07. The van der Waals surface area contributed by atoms with E-state index in [1.807, 2.05) is 40.7 Å². The molecule has 0 radical (unpaired) electrons. The molecular weight excluding hydrogens is 739 g/mol. The number of amides is 1. The number of aliphatic carboxylic acids is 1. The normalized spacial score (nSPS) is 38.4. The average molecular weight is 814 g/mol. The number of carboxylic acids is 1. The Labute approximate surface area is 354 Å². The minimum atomic E-state index is -0.825. The van der Waals surface area contributed by atoms with Gasteiger partial charge in [-0.05, 0) is 154 Å². The Kier molecular flexibility index (Phi) is 11.0. The lowest BCUT2D eigenvalue weighted by Crippen LogP contribution is -2.66. The largest absolute Gasteiger partial charge is 0.481 e. The number of ketones is 1. The van der Waals surface area contributed by atoms with Gasteiger partial charge in [0.2, 0.25) is 0 Å². The van der Waals surface area contributed by atoms with E-state index in [0.29, 0.717) is 48.6 Å². The summed E-state index contributed by atoms with van der Waals surface area (Å²) in [5.41, 5.74) is 2.95. The monoisotopic (exact) mass is 814 g/mol. The molecule has 0 aromatic carbocycles. The minimum absolute atomic E-state index is 0.0706. The van der Waals surface area contributed by atoms with Crippen molar-refractivity contribution in [2.45, 2.75) is 165 Å². The third kappa shape index (κ3) is 6.94. The van der Waals surface area contributed by atoms with Crippen LogP contribution in [0.25, 0.3) is 0 Å². The highest BCUT2D eigenvalue weighted by molar-refractivity contribution is 6.00. The molecule has 6 aliphatic carbocycles. The van der Waals surface area contributed by atoms with Gasteiger partial charge >= 0.3 is 11.9 Å². The van der Waals surface area contributed by atoms with Crippen LogP contribution in [0, 0.1) is 74.9 Å². The molecule has 59 heavy (non-hydrogen) atoms. The Morgan fingerprint density at radius 2 is 1.61 bits per heavy atom. The summed E-state index contributed by atoms with van der Waals surface area (Å²) in [6, 6.07) is 3.68. The lowest BCUT2D eigenvalue weighted by Gasteiger charge is -2.72. The molecule has 5 fully saturated rings. The van der Waals surface area contributed by atoms with E-state index in [1.165, 1.54) is 5.57 Å². The van der Waals surface area contributed by atoms with E-state index in [2.05, 4.69) is 64.1 Å². The number of ether oxygens (including phenoxy) is 1. The maximum absolute atomic E-state index is 14.2. The Balaban J connectivity index is 1.06. The molecule has 0 bridgehead atoms. The summed E-state index contributed by atoms with van der Waals surface area (Å²) in [6.07, 6.45) is 12.0. The number of hydrogen-bond donors (Lipinski definition) is 3. The lowest BCUT2D eigenvalue weighted by molar-refractivity contribution is -0.236. The zero-order valence-corrected chi connectivity index (χ0v) is 38.4. The van der Waals surface area contributed by atoms with Crippen LogP contribution in [0.2, 0.25) is 0 Å². The topological polar surface area (TPSA) is 135 Å². The maximum atomic E-state index is 14.2. The van der Waals surface area contributed by atoms with Gasteiger partial charge in [0.25, 0.3) is 5.91 Å². The van der Waals surface area contributed by atoms with Crippen LogP contribution in [0.15, 0.2) is 29.5 Å².